The molecular weight excluding hydrogens is 293 g/mol. The summed E-state index contributed by atoms with van der Waals surface area (Å²) >= 11 is 6.12. The average molecular weight is 310 g/mol. The number of ether oxygens (including phenoxy) is 1. The SMILES string of the molecule is COc1ccc(Nc2nc(C(C)C)nc(Cl)c2C)cc1F. The minimum absolute atomic E-state index is 0.149. The van der Waals surface area contributed by atoms with Gasteiger partial charge in [0.05, 0.1) is 7.11 Å². The normalized spacial score (nSPS) is 10.8. The predicted octanol–water partition coefficient (Wildman–Crippen LogP) is 4.45. The van der Waals surface area contributed by atoms with E-state index < -0.39 is 5.82 Å². The van der Waals surface area contributed by atoms with Gasteiger partial charge in [-0.05, 0) is 19.1 Å². The molecule has 112 valence electrons. The van der Waals surface area contributed by atoms with Gasteiger partial charge in [-0.1, -0.05) is 25.4 Å². The zero-order valence-electron chi connectivity index (χ0n) is 12.4. The molecule has 0 aliphatic rings. The van der Waals surface area contributed by atoms with E-state index >= 15 is 0 Å². The Morgan fingerprint density at radius 2 is 2.00 bits per heavy atom. The molecule has 2 rings (SSSR count). The third-order valence-corrected chi connectivity index (χ3v) is 3.40. The van der Waals surface area contributed by atoms with Crippen LogP contribution in [-0.4, -0.2) is 17.1 Å². The molecule has 0 unspecified atom stereocenters. The van der Waals surface area contributed by atoms with E-state index in [0.717, 1.165) is 5.56 Å². The summed E-state index contributed by atoms with van der Waals surface area (Å²) in [7, 11) is 1.43. The second-order valence-corrected chi connectivity index (χ2v) is 5.33. The minimum Gasteiger partial charge on any atom is -0.494 e. The molecule has 0 saturated carbocycles. The lowest BCUT2D eigenvalue weighted by molar-refractivity contribution is 0.386. The van der Waals surface area contributed by atoms with Gasteiger partial charge in [-0.2, -0.15) is 0 Å². The van der Waals surface area contributed by atoms with E-state index in [9.17, 15) is 4.39 Å². The molecule has 0 spiro atoms. The highest BCUT2D eigenvalue weighted by Gasteiger charge is 2.13. The van der Waals surface area contributed by atoms with Gasteiger partial charge < -0.3 is 10.1 Å². The van der Waals surface area contributed by atoms with Crippen molar-refractivity contribution >= 4 is 23.1 Å². The molecule has 1 aromatic heterocycles. The number of methoxy groups -OCH3 is 1. The van der Waals surface area contributed by atoms with Crippen LogP contribution in [0.3, 0.4) is 0 Å². The lowest BCUT2D eigenvalue weighted by atomic mass is 10.2. The summed E-state index contributed by atoms with van der Waals surface area (Å²) in [5, 5.41) is 3.46. The third-order valence-electron chi connectivity index (χ3n) is 3.03. The maximum atomic E-state index is 13.7. The molecule has 0 aliphatic carbocycles. The smallest absolute Gasteiger partial charge is 0.167 e. The Morgan fingerprint density at radius 1 is 1.29 bits per heavy atom. The molecule has 1 aromatic carbocycles. The van der Waals surface area contributed by atoms with Crippen LogP contribution in [0.25, 0.3) is 0 Å². The van der Waals surface area contributed by atoms with Crippen LogP contribution in [0.4, 0.5) is 15.9 Å². The first kappa shape index (κ1) is 15.5. The molecule has 0 saturated heterocycles. The average Bonchev–Trinajstić information content (AvgIpc) is 2.43. The van der Waals surface area contributed by atoms with Crippen LogP contribution in [0.5, 0.6) is 5.75 Å². The summed E-state index contributed by atoms with van der Waals surface area (Å²) in [5.41, 5.74) is 1.29. The van der Waals surface area contributed by atoms with E-state index in [2.05, 4.69) is 15.3 Å². The molecule has 0 bridgehead atoms. The quantitative estimate of drug-likeness (QED) is 0.847. The fourth-order valence-electron chi connectivity index (χ4n) is 1.77. The van der Waals surface area contributed by atoms with E-state index in [1.165, 1.54) is 13.2 Å². The van der Waals surface area contributed by atoms with Gasteiger partial charge >= 0.3 is 0 Å². The Bertz CT molecular complexity index is 662. The predicted molar refractivity (Wildman–Crippen MR) is 82.1 cm³/mol. The third kappa shape index (κ3) is 3.42. The largest absolute Gasteiger partial charge is 0.494 e. The van der Waals surface area contributed by atoms with Gasteiger partial charge in [-0.3, -0.25) is 0 Å². The molecule has 2 aromatic rings. The summed E-state index contributed by atoms with van der Waals surface area (Å²) in [6.45, 7) is 5.78. The fraction of sp³-hybridized carbons (Fsp3) is 0.333. The van der Waals surface area contributed by atoms with Crippen molar-refractivity contribution in [1.82, 2.24) is 9.97 Å². The topological polar surface area (TPSA) is 47.0 Å². The molecule has 0 radical (unpaired) electrons. The number of rotatable bonds is 4. The number of hydrogen-bond acceptors (Lipinski definition) is 4. The molecule has 1 N–H and O–H groups in total. The standard InChI is InChI=1S/C15H17ClFN3O/c1-8(2)14-19-13(16)9(3)15(20-14)18-10-5-6-12(21-4)11(17)7-10/h5-8H,1-4H3,(H,18,19,20). The second-order valence-electron chi connectivity index (χ2n) is 4.98. The zero-order chi connectivity index (χ0) is 15.6. The molecule has 0 aliphatic heterocycles. The monoisotopic (exact) mass is 309 g/mol. The number of benzene rings is 1. The molecule has 0 amide bonds. The molecule has 0 fully saturated rings. The van der Waals surface area contributed by atoms with E-state index in [-0.39, 0.29) is 11.7 Å². The van der Waals surface area contributed by atoms with E-state index in [0.29, 0.717) is 22.5 Å². The number of nitrogens with one attached hydrogen (secondary N) is 1. The highest BCUT2D eigenvalue weighted by Crippen LogP contribution is 2.27. The summed E-state index contributed by atoms with van der Waals surface area (Å²) in [4.78, 5) is 8.68. The van der Waals surface area contributed by atoms with Crippen LogP contribution in [0.15, 0.2) is 18.2 Å². The van der Waals surface area contributed by atoms with Gasteiger partial charge in [0.25, 0.3) is 0 Å². The highest BCUT2D eigenvalue weighted by atomic mass is 35.5. The first-order chi connectivity index (χ1) is 9.92. The summed E-state index contributed by atoms with van der Waals surface area (Å²) in [6, 6.07) is 4.62. The first-order valence-corrected chi connectivity index (χ1v) is 6.94. The van der Waals surface area contributed by atoms with Crippen LogP contribution >= 0.6 is 11.6 Å². The van der Waals surface area contributed by atoms with Crippen LogP contribution < -0.4 is 10.1 Å². The second kappa shape index (κ2) is 6.26. The molecule has 0 atom stereocenters. The lowest BCUT2D eigenvalue weighted by Gasteiger charge is -2.13. The van der Waals surface area contributed by atoms with Gasteiger partial charge in [-0.15, -0.1) is 0 Å². The van der Waals surface area contributed by atoms with Gasteiger partial charge in [0.15, 0.2) is 11.6 Å². The van der Waals surface area contributed by atoms with E-state index in [1.54, 1.807) is 12.1 Å². The van der Waals surface area contributed by atoms with Gasteiger partial charge in [0.2, 0.25) is 0 Å². The van der Waals surface area contributed by atoms with E-state index in [4.69, 9.17) is 16.3 Å². The Morgan fingerprint density at radius 3 is 2.57 bits per heavy atom. The molecule has 4 nitrogen and oxygen atoms in total. The van der Waals surface area contributed by atoms with Crippen molar-refractivity contribution in [2.24, 2.45) is 0 Å². The Hall–Kier alpha value is -1.88. The van der Waals surface area contributed by atoms with Crippen LogP contribution in [-0.2, 0) is 0 Å². The molecule has 21 heavy (non-hydrogen) atoms. The maximum absolute atomic E-state index is 13.7. The summed E-state index contributed by atoms with van der Waals surface area (Å²) < 4.78 is 18.6. The summed E-state index contributed by atoms with van der Waals surface area (Å²) in [5.74, 6) is 1.12. The van der Waals surface area contributed by atoms with Gasteiger partial charge in [-0.25, -0.2) is 14.4 Å². The van der Waals surface area contributed by atoms with Crippen LogP contribution in [0.1, 0.15) is 31.2 Å². The van der Waals surface area contributed by atoms with Crippen LogP contribution in [0.2, 0.25) is 5.15 Å². The number of nitrogens with zero attached hydrogens (tertiary/aromatic N) is 2. The Labute approximate surface area is 128 Å². The van der Waals surface area contributed by atoms with Crippen molar-refractivity contribution in [3.8, 4) is 5.75 Å². The number of aromatic nitrogens is 2. The first-order valence-electron chi connectivity index (χ1n) is 6.57. The molecule has 1 heterocycles. The van der Waals surface area contributed by atoms with Crippen molar-refractivity contribution in [3.05, 3.63) is 40.6 Å². The van der Waals surface area contributed by atoms with Gasteiger partial charge in [0.1, 0.15) is 16.8 Å². The van der Waals surface area contributed by atoms with Crippen molar-refractivity contribution < 1.29 is 9.13 Å². The van der Waals surface area contributed by atoms with Crippen molar-refractivity contribution in [1.29, 1.82) is 0 Å². The molecule has 6 heteroatoms. The van der Waals surface area contributed by atoms with Crippen LogP contribution in [0, 0.1) is 12.7 Å². The molecular formula is C15H17ClFN3O. The van der Waals surface area contributed by atoms with Crippen molar-refractivity contribution in [3.63, 3.8) is 0 Å². The van der Waals surface area contributed by atoms with E-state index in [1.807, 2.05) is 20.8 Å². The number of halogens is 2. The van der Waals surface area contributed by atoms with Crippen molar-refractivity contribution in [2.75, 3.05) is 12.4 Å². The fourth-order valence-corrected chi connectivity index (χ4v) is 1.94. The zero-order valence-corrected chi connectivity index (χ0v) is 13.1. The Kier molecular flexibility index (Phi) is 4.63. The Balaban J connectivity index is 2.37. The lowest BCUT2D eigenvalue weighted by Crippen LogP contribution is -2.05. The van der Waals surface area contributed by atoms with Crippen molar-refractivity contribution in [2.45, 2.75) is 26.7 Å². The highest BCUT2D eigenvalue weighted by molar-refractivity contribution is 6.30. The number of hydrogen-bond donors (Lipinski definition) is 1. The number of anilines is 2. The maximum Gasteiger partial charge on any atom is 0.167 e. The minimum atomic E-state index is -0.440. The summed E-state index contributed by atoms with van der Waals surface area (Å²) in [6.07, 6.45) is 0. The van der Waals surface area contributed by atoms with Gasteiger partial charge in [0, 0.05) is 23.2 Å².